The number of hydrogen-bond acceptors (Lipinski definition) is 2. The predicted molar refractivity (Wildman–Crippen MR) is 72.1 cm³/mol. The summed E-state index contributed by atoms with van der Waals surface area (Å²) in [4.78, 5) is 2.78. The van der Waals surface area contributed by atoms with Crippen LogP contribution in [0, 0.1) is 17.8 Å². The summed E-state index contributed by atoms with van der Waals surface area (Å²) in [6.07, 6.45) is 10.4. The Labute approximate surface area is 106 Å². The summed E-state index contributed by atoms with van der Waals surface area (Å²) >= 11 is 0. The second-order valence-electron chi connectivity index (χ2n) is 6.57. The van der Waals surface area contributed by atoms with Crippen molar-refractivity contribution in [2.24, 2.45) is 17.8 Å². The van der Waals surface area contributed by atoms with Crippen molar-refractivity contribution in [1.82, 2.24) is 10.2 Å². The summed E-state index contributed by atoms with van der Waals surface area (Å²) in [6, 6.07) is 0. The molecule has 98 valence electrons. The molecule has 1 aliphatic carbocycles. The maximum absolute atomic E-state index is 3.55. The van der Waals surface area contributed by atoms with Gasteiger partial charge in [0.05, 0.1) is 0 Å². The van der Waals surface area contributed by atoms with E-state index in [1.165, 1.54) is 77.7 Å². The topological polar surface area (TPSA) is 15.3 Å². The van der Waals surface area contributed by atoms with Crippen LogP contribution in [-0.4, -0.2) is 37.6 Å². The molecule has 0 aromatic carbocycles. The van der Waals surface area contributed by atoms with E-state index in [2.05, 4.69) is 10.2 Å². The average molecular weight is 236 g/mol. The van der Waals surface area contributed by atoms with E-state index >= 15 is 0 Å². The molecule has 2 aliphatic heterocycles. The molecule has 0 aromatic rings. The number of piperidine rings is 2. The Morgan fingerprint density at radius 2 is 1.82 bits per heavy atom. The molecular formula is C15H28N2. The van der Waals surface area contributed by atoms with E-state index in [0.717, 1.165) is 17.8 Å². The van der Waals surface area contributed by atoms with Crippen LogP contribution in [0.25, 0.3) is 0 Å². The normalized spacial score (nSPS) is 39.9. The molecule has 3 atom stereocenters. The first kappa shape index (κ1) is 12.0. The van der Waals surface area contributed by atoms with Gasteiger partial charge in [-0.1, -0.05) is 19.3 Å². The number of fused-ring (bicyclic) bond motifs is 1. The second-order valence-corrected chi connectivity index (χ2v) is 6.57. The van der Waals surface area contributed by atoms with E-state index in [0.29, 0.717) is 0 Å². The lowest BCUT2D eigenvalue weighted by atomic mass is 9.75. The Morgan fingerprint density at radius 1 is 0.941 bits per heavy atom. The van der Waals surface area contributed by atoms with Crippen molar-refractivity contribution in [2.75, 3.05) is 32.7 Å². The fourth-order valence-corrected chi connectivity index (χ4v) is 4.29. The van der Waals surface area contributed by atoms with Gasteiger partial charge in [0.15, 0.2) is 0 Å². The fraction of sp³-hybridized carbons (Fsp3) is 1.00. The van der Waals surface area contributed by atoms with E-state index in [4.69, 9.17) is 0 Å². The van der Waals surface area contributed by atoms with Crippen molar-refractivity contribution in [3.8, 4) is 0 Å². The number of likely N-dealkylation sites (tertiary alicyclic amines) is 1. The van der Waals surface area contributed by atoms with Gasteiger partial charge in [-0.05, 0) is 63.1 Å². The van der Waals surface area contributed by atoms with Gasteiger partial charge in [0.25, 0.3) is 0 Å². The maximum atomic E-state index is 3.55. The van der Waals surface area contributed by atoms with Crippen LogP contribution in [0.4, 0.5) is 0 Å². The predicted octanol–water partition coefficient (Wildman–Crippen LogP) is 2.50. The first-order valence-corrected chi connectivity index (χ1v) is 7.85. The highest BCUT2D eigenvalue weighted by molar-refractivity contribution is 4.85. The van der Waals surface area contributed by atoms with E-state index in [-0.39, 0.29) is 0 Å². The van der Waals surface area contributed by atoms with E-state index in [1.54, 1.807) is 0 Å². The highest BCUT2D eigenvalue weighted by atomic mass is 15.1. The minimum Gasteiger partial charge on any atom is -0.316 e. The highest BCUT2D eigenvalue weighted by Gasteiger charge is 2.31. The van der Waals surface area contributed by atoms with Crippen LogP contribution in [-0.2, 0) is 0 Å². The Balaban J connectivity index is 1.48. The molecule has 0 aromatic heterocycles. The van der Waals surface area contributed by atoms with Crippen molar-refractivity contribution in [3.05, 3.63) is 0 Å². The molecule has 3 aliphatic rings. The summed E-state index contributed by atoms with van der Waals surface area (Å²) in [5, 5.41) is 3.55. The van der Waals surface area contributed by atoms with Gasteiger partial charge >= 0.3 is 0 Å². The van der Waals surface area contributed by atoms with Gasteiger partial charge < -0.3 is 10.2 Å². The molecule has 1 saturated carbocycles. The molecule has 1 N–H and O–H groups in total. The monoisotopic (exact) mass is 236 g/mol. The van der Waals surface area contributed by atoms with Gasteiger partial charge in [0, 0.05) is 13.1 Å². The Morgan fingerprint density at radius 3 is 2.65 bits per heavy atom. The zero-order valence-electron chi connectivity index (χ0n) is 11.2. The van der Waals surface area contributed by atoms with Gasteiger partial charge in [-0.15, -0.1) is 0 Å². The molecule has 0 amide bonds. The molecule has 17 heavy (non-hydrogen) atoms. The zero-order valence-corrected chi connectivity index (χ0v) is 11.2. The summed E-state index contributed by atoms with van der Waals surface area (Å²) < 4.78 is 0. The van der Waals surface area contributed by atoms with Crippen molar-refractivity contribution >= 4 is 0 Å². The lowest BCUT2D eigenvalue weighted by Gasteiger charge is -2.42. The first-order valence-electron chi connectivity index (χ1n) is 7.85. The lowest BCUT2D eigenvalue weighted by Crippen LogP contribution is -2.45. The smallest absolute Gasteiger partial charge is 0.00219 e. The summed E-state index contributed by atoms with van der Waals surface area (Å²) in [7, 11) is 0. The molecule has 2 saturated heterocycles. The van der Waals surface area contributed by atoms with Gasteiger partial charge in [-0.2, -0.15) is 0 Å². The van der Waals surface area contributed by atoms with Gasteiger partial charge in [0.2, 0.25) is 0 Å². The molecule has 0 bridgehead atoms. The molecule has 0 spiro atoms. The number of hydrogen-bond donors (Lipinski definition) is 1. The minimum atomic E-state index is 0.934. The molecule has 3 fully saturated rings. The number of nitrogens with one attached hydrogen (secondary N) is 1. The molecule has 0 unspecified atom stereocenters. The van der Waals surface area contributed by atoms with Gasteiger partial charge in [-0.25, -0.2) is 0 Å². The van der Waals surface area contributed by atoms with Crippen LogP contribution < -0.4 is 5.32 Å². The first-order chi connectivity index (χ1) is 8.42. The quantitative estimate of drug-likeness (QED) is 0.792. The van der Waals surface area contributed by atoms with Crippen molar-refractivity contribution in [3.63, 3.8) is 0 Å². The van der Waals surface area contributed by atoms with Crippen LogP contribution in [0.5, 0.6) is 0 Å². The molecule has 2 nitrogen and oxygen atoms in total. The minimum absolute atomic E-state index is 0.934. The van der Waals surface area contributed by atoms with Crippen LogP contribution in [0.15, 0.2) is 0 Å². The third-order valence-corrected chi connectivity index (χ3v) is 5.29. The number of nitrogens with zero attached hydrogens (tertiary/aromatic N) is 1. The van der Waals surface area contributed by atoms with Crippen molar-refractivity contribution in [1.29, 1.82) is 0 Å². The van der Waals surface area contributed by atoms with Crippen LogP contribution in [0.3, 0.4) is 0 Å². The largest absolute Gasteiger partial charge is 0.316 e. The van der Waals surface area contributed by atoms with Crippen molar-refractivity contribution < 1.29 is 0 Å². The maximum Gasteiger partial charge on any atom is 0.00219 e. The van der Waals surface area contributed by atoms with Crippen LogP contribution in [0.2, 0.25) is 0 Å². The molecule has 0 radical (unpaired) electrons. The summed E-state index contributed by atoms with van der Waals surface area (Å²) in [5.41, 5.74) is 0. The Bertz CT molecular complexity index is 233. The third kappa shape index (κ3) is 3.03. The van der Waals surface area contributed by atoms with E-state index in [1.807, 2.05) is 0 Å². The Hall–Kier alpha value is -0.0800. The van der Waals surface area contributed by atoms with Crippen LogP contribution in [0.1, 0.15) is 44.9 Å². The van der Waals surface area contributed by atoms with Gasteiger partial charge in [-0.3, -0.25) is 0 Å². The highest BCUT2D eigenvalue weighted by Crippen LogP contribution is 2.36. The van der Waals surface area contributed by atoms with E-state index < -0.39 is 0 Å². The van der Waals surface area contributed by atoms with Gasteiger partial charge in [0.1, 0.15) is 0 Å². The van der Waals surface area contributed by atoms with Crippen LogP contribution >= 0.6 is 0 Å². The SMILES string of the molecule is C1CNC[C@H](CN2CC[C@H]3CCCC[C@@H]3C2)C1. The lowest BCUT2D eigenvalue weighted by molar-refractivity contribution is 0.0722. The summed E-state index contributed by atoms with van der Waals surface area (Å²) in [6.45, 7) is 6.70. The molecule has 3 rings (SSSR count). The Kier molecular flexibility index (Phi) is 4.02. The van der Waals surface area contributed by atoms with Crippen molar-refractivity contribution in [2.45, 2.75) is 44.9 Å². The zero-order chi connectivity index (χ0) is 11.5. The standard InChI is InChI=1S/C15H28N2/c1-2-6-15-12-17(9-7-14(15)5-1)11-13-4-3-8-16-10-13/h13-16H,1-12H2/t13-,14-,15-/m1/s1. The third-order valence-electron chi connectivity index (χ3n) is 5.29. The van der Waals surface area contributed by atoms with E-state index in [9.17, 15) is 0 Å². The number of rotatable bonds is 2. The molecule has 2 heteroatoms. The molecule has 2 heterocycles. The summed E-state index contributed by atoms with van der Waals surface area (Å²) in [5.74, 6) is 3.07. The fourth-order valence-electron chi connectivity index (χ4n) is 4.29. The second kappa shape index (κ2) is 5.71. The molecular weight excluding hydrogens is 208 g/mol. The average Bonchev–Trinajstić information content (AvgIpc) is 2.40.